The highest BCUT2D eigenvalue weighted by Crippen LogP contribution is 2.24. The molecule has 0 saturated carbocycles. The predicted octanol–water partition coefficient (Wildman–Crippen LogP) is 0.729. The molecule has 0 bridgehead atoms. The topological polar surface area (TPSA) is 79.2 Å². The van der Waals surface area contributed by atoms with Crippen LogP contribution in [-0.4, -0.2) is 25.5 Å². The summed E-state index contributed by atoms with van der Waals surface area (Å²) in [5.74, 6) is 0.0312. The molecular weight excluding hydrogens is 276 g/mol. The molecule has 5 N–H and O–H groups in total. The summed E-state index contributed by atoms with van der Waals surface area (Å²) in [4.78, 5) is 12.2. The van der Waals surface area contributed by atoms with Gasteiger partial charge in [-0.15, -0.1) is 12.4 Å². The maximum absolute atomic E-state index is 12.2. The maximum Gasteiger partial charge on any atom is 0.226 e. The summed E-state index contributed by atoms with van der Waals surface area (Å²) in [6, 6.07) is 10.1. The molecule has 1 fully saturated rings. The Morgan fingerprint density at radius 2 is 2.05 bits per heavy atom. The Morgan fingerprint density at radius 1 is 1.30 bits per heavy atom. The van der Waals surface area contributed by atoms with Crippen LogP contribution in [0.1, 0.15) is 24.4 Å². The van der Waals surface area contributed by atoms with Crippen molar-refractivity contribution in [3.05, 3.63) is 35.9 Å². The highest BCUT2D eigenvalue weighted by molar-refractivity contribution is 5.85. The molecule has 0 radical (unpaired) electrons. The minimum atomic E-state index is -0.0692. The Hall–Kier alpha value is -1.14. The smallest absolute Gasteiger partial charge is 0.226 e. The van der Waals surface area contributed by atoms with E-state index in [0.29, 0.717) is 19.6 Å². The van der Waals surface area contributed by atoms with Crippen molar-refractivity contribution in [2.75, 3.05) is 19.6 Å². The van der Waals surface area contributed by atoms with Crippen LogP contribution in [0.25, 0.3) is 0 Å². The number of nitrogens with one attached hydrogen (secondary N) is 3. The molecule has 20 heavy (non-hydrogen) atoms. The number of unbranched alkanes of at least 4 members (excludes halogenated alkanes) is 1. The molecule has 0 aromatic heterocycles. The van der Waals surface area contributed by atoms with E-state index >= 15 is 0 Å². The lowest BCUT2D eigenvalue weighted by atomic mass is 9.94. The van der Waals surface area contributed by atoms with Crippen molar-refractivity contribution < 1.29 is 4.79 Å². The molecule has 2 rings (SSSR count). The van der Waals surface area contributed by atoms with Crippen LogP contribution in [0.5, 0.6) is 0 Å². The average Bonchev–Trinajstić information content (AvgIpc) is 2.94. The van der Waals surface area contributed by atoms with Gasteiger partial charge in [-0.3, -0.25) is 10.2 Å². The number of halogens is 1. The van der Waals surface area contributed by atoms with Gasteiger partial charge in [-0.05, 0) is 24.9 Å². The summed E-state index contributed by atoms with van der Waals surface area (Å²) >= 11 is 0. The fourth-order valence-corrected chi connectivity index (χ4v) is 2.33. The second-order valence-electron chi connectivity index (χ2n) is 4.81. The number of hydrogen-bond donors (Lipinski definition) is 4. The highest BCUT2D eigenvalue weighted by atomic mass is 35.5. The molecule has 1 amide bonds. The van der Waals surface area contributed by atoms with Gasteiger partial charge in [-0.25, -0.2) is 5.43 Å². The van der Waals surface area contributed by atoms with Crippen molar-refractivity contribution in [1.29, 1.82) is 0 Å². The summed E-state index contributed by atoms with van der Waals surface area (Å²) in [5, 5.41) is 2.98. The molecule has 2 unspecified atom stereocenters. The van der Waals surface area contributed by atoms with Crippen molar-refractivity contribution in [1.82, 2.24) is 16.2 Å². The molecule has 1 heterocycles. The van der Waals surface area contributed by atoms with E-state index in [0.717, 1.165) is 18.4 Å². The molecule has 1 aliphatic rings. The van der Waals surface area contributed by atoms with E-state index in [1.165, 1.54) is 0 Å². The van der Waals surface area contributed by atoms with Gasteiger partial charge in [0.15, 0.2) is 0 Å². The zero-order valence-electron chi connectivity index (χ0n) is 11.5. The number of benzene rings is 1. The van der Waals surface area contributed by atoms with Gasteiger partial charge in [0, 0.05) is 13.1 Å². The Kier molecular flexibility index (Phi) is 7.54. The summed E-state index contributed by atoms with van der Waals surface area (Å²) in [5.41, 5.74) is 12.8. The predicted molar refractivity (Wildman–Crippen MR) is 82.4 cm³/mol. The minimum Gasteiger partial charge on any atom is -0.356 e. The number of amides is 1. The number of carbonyl (C=O) groups is 1. The van der Waals surface area contributed by atoms with Crippen LogP contribution in [0.15, 0.2) is 30.3 Å². The Labute approximate surface area is 126 Å². The number of rotatable bonds is 6. The average molecular weight is 299 g/mol. The third kappa shape index (κ3) is 4.45. The lowest BCUT2D eigenvalue weighted by molar-refractivity contribution is -0.124. The van der Waals surface area contributed by atoms with Crippen LogP contribution < -0.4 is 21.9 Å². The number of nitrogens with two attached hydrogens (primary N) is 1. The lowest BCUT2D eigenvalue weighted by Crippen LogP contribution is -2.35. The SMILES string of the molecule is Cl.NCCCCNC(=O)C1CNNC1c1ccccc1. The minimum absolute atomic E-state index is 0. The molecule has 112 valence electrons. The van der Waals surface area contributed by atoms with Gasteiger partial charge >= 0.3 is 0 Å². The molecular formula is C14H23ClN4O. The molecule has 6 heteroatoms. The van der Waals surface area contributed by atoms with Crippen molar-refractivity contribution in [2.24, 2.45) is 11.7 Å². The summed E-state index contributed by atoms with van der Waals surface area (Å²) in [6.45, 7) is 2.03. The van der Waals surface area contributed by atoms with Crippen LogP contribution in [0.2, 0.25) is 0 Å². The first-order chi connectivity index (χ1) is 9.33. The molecule has 2 atom stereocenters. The normalized spacial score (nSPS) is 21.2. The third-order valence-corrected chi connectivity index (χ3v) is 3.41. The van der Waals surface area contributed by atoms with Gasteiger partial charge in [0.2, 0.25) is 5.91 Å². The summed E-state index contributed by atoms with van der Waals surface area (Å²) in [7, 11) is 0. The molecule has 1 aromatic rings. The molecule has 1 aromatic carbocycles. The molecule has 1 aliphatic heterocycles. The van der Waals surface area contributed by atoms with Crippen LogP contribution in [0.3, 0.4) is 0 Å². The van der Waals surface area contributed by atoms with Gasteiger partial charge < -0.3 is 11.1 Å². The van der Waals surface area contributed by atoms with Crippen LogP contribution in [-0.2, 0) is 4.79 Å². The Bertz CT molecular complexity index is 401. The number of hydrazine groups is 1. The standard InChI is InChI=1S/C14H22N4O.ClH/c15-8-4-5-9-16-14(19)12-10-17-18-13(12)11-6-2-1-3-7-11;/h1-3,6-7,12-13,17-18H,4-5,8-10,15H2,(H,16,19);1H. The van der Waals surface area contributed by atoms with E-state index in [4.69, 9.17) is 5.73 Å². The second kappa shape index (κ2) is 8.92. The summed E-state index contributed by atoms with van der Waals surface area (Å²) in [6.07, 6.45) is 1.88. The fourth-order valence-electron chi connectivity index (χ4n) is 2.33. The van der Waals surface area contributed by atoms with Gasteiger partial charge in [0.05, 0.1) is 12.0 Å². The van der Waals surface area contributed by atoms with E-state index in [1.807, 2.05) is 30.3 Å². The maximum atomic E-state index is 12.2. The Balaban J connectivity index is 0.00000200. The van der Waals surface area contributed by atoms with Crippen LogP contribution in [0.4, 0.5) is 0 Å². The van der Waals surface area contributed by atoms with E-state index in [1.54, 1.807) is 0 Å². The van der Waals surface area contributed by atoms with E-state index < -0.39 is 0 Å². The highest BCUT2D eigenvalue weighted by Gasteiger charge is 2.33. The quantitative estimate of drug-likeness (QED) is 0.584. The number of carbonyl (C=O) groups excluding carboxylic acids is 1. The van der Waals surface area contributed by atoms with Crippen LogP contribution >= 0.6 is 12.4 Å². The third-order valence-electron chi connectivity index (χ3n) is 3.41. The number of hydrogen-bond acceptors (Lipinski definition) is 4. The van der Waals surface area contributed by atoms with Crippen molar-refractivity contribution in [2.45, 2.75) is 18.9 Å². The lowest BCUT2D eigenvalue weighted by Gasteiger charge is -2.18. The van der Waals surface area contributed by atoms with Crippen molar-refractivity contribution in [3.63, 3.8) is 0 Å². The largest absolute Gasteiger partial charge is 0.356 e. The monoisotopic (exact) mass is 298 g/mol. The van der Waals surface area contributed by atoms with Crippen molar-refractivity contribution in [3.8, 4) is 0 Å². The zero-order valence-corrected chi connectivity index (χ0v) is 12.3. The molecule has 1 saturated heterocycles. The molecule has 0 aliphatic carbocycles. The Morgan fingerprint density at radius 3 is 2.75 bits per heavy atom. The van der Waals surface area contributed by atoms with Crippen molar-refractivity contribution >= 4 is 18.3 Å². The first kappa shape index (κ1) is 16.9. The van der Waals surface area contributed by atoms with E-state index in [2.05, 4.69) is 16.2 Å². The van der Waals surface area contributed by atoms with E-state index in [-0.39, 0.29) is 30.3 Å². The first-order valence-corrected chi connectivity index (χ1v) is 6.84. The van der Waals surface area contributed by atoms with Gasteiger partial charge in [-0.2, -0.15) is 0 Å². The summed E-state index contributed by atoms with van der Waals surface area (Å²) < 4.78 is 0. The fraction of sp³-hybridized carbons (Fsp3) is 0.500. The van der Waals surface area contributed by atoms with E-state index in [9.17, 15) is 4.79 Å². The van der Waals surface area contributed by atoms with Gasteiger partial charge in [0.1, 0.15) is 0 Å². The molecule has 0 spiro atoms. The zero-order chi connectivity index (χ0) is 13.5. The molecule has 5 nitrogen and oxygen atoms in total. The van der Waals surface area contributed by atoms with Gasteiger partial charge in [0.25, 0.3) is 0 Å². The second-order valence-corrected chi connectivity index (χ2v) is 4.81. The van der Waals surface area contributed by atoms with Crippen LogP contribution in [0, 0.1) is 5.92 Å². The first-order valence-electron chi connectivity index (χ1n) is 6.84. The van der Waals surface area contributed by atoms with Gasteiger partial charge in [-0.1, -0.05) is 30.3 Å².